The Morgan fingerprint density at radius 1 is 0.886 bits per heavy atom. The number of hydrogen-bond acceptors (Lipinski definition) is 3. The third-order valence-electron chi connectivity index (χ3n) is 6.21. The molecule has 3 rings (SSSR count). The molecule has 35 heavy (non-hydrogen) atoms. The highest BCUT2D eigenvalue weighted by molar-refractivity contribution is 5.87. The molecule has 1 fully saturated rings. The summed E-state index contributed by atoms with van der Waals surface area (Å²) in [6.45, 7) is 8.75. The fraction of sp³-hybridized carbons (Fsp3) is 0.481. The van der Waals surface area contributed by atoms with Crippen LogP contribution in [0.3, 0.4) is 0 Å². The summed E-state index contributed by atoms with van der Waals surface area (Å²) >= 11 is 0. The molecule has 190 valence electrons. The summed E-state index contributed by atoms with van der Waals surface area (Å²) in [5.74, 6) is -0.518. The van der Waals surface area contributed by atoms with E-state index in [2.05, 4.69) is 15.5 Å². The summed E-state index contributed by atoms with van der Waals surface area (Å²) < 4.78 is 27.1. The highest BCUT2D eigenvalue weighted by atomic mass is 19.1. The van der Waals surface area contributed by atoms with Crippen LogP contribution in [0.25, 0.3) is 0 Å². The van der Waals surface area contributed by atoms with Gasteiger partial charge in [-0.3, -0.25) is 9.69 Å². The smallest absolute Gasteiger partial charge is 0.318 e. The molecule has 1 aliphatic heterocycles. The third kappa shape index (κ3) is 7.49. The lowest BCUT2D eigenvalue weighted by atomic mass is 9.96. The van der Waals surface area contributed by atoms with Gasteiger partial charge in [0.05, 0.1) is 6.04 Å². The van der Waals surface area contributed by atoms with E-state index in [-0.39, 0.29) is 35.5 Å². The van der Waals surface area contributed by atoms with E-state index in [4.69, 9.17) is 0 Å². The molecule has 1 aliphatic rings. The second-order valence-electron chi connectivity index (χ2n) is 9.45. The molecular formula is C27H36F2N4O2. The van der Waals surface area contributed by atoms with Crippen LogP contribution in [0.2, 0.25) is 0 Å². The number of amides is 3. The molecule has 2 aromatic rings. The highest BCUT2D eigenvalue weighted by Crippen LogP contribution is 2.30. The van der Waals surface area contributed by atoms with Crippen molar-refractivity contribution < 1.29 is 18.4 Å². The Labute approximate surface area is 206 Å². The van der Waals surface area contributed by atoms with Crippen LogP contribution in [0.1, 0.15) is 50.8 Å². The van der Waals surface area contributed by atoms with Gasteiger partial charge >= 0.3 is 6.03 Å². The minimum atomic E-state index is -0.571. The zero-order valence-corrected chi connectivity index (χ0v) is 20.8. The van der Waals surface area contributed by atoms with Crippen LogP contribution >= 0.6 is 0 Å². The van der Waals surface area contributed by atoms with Crippen molar-refractivity contribution in [3.63, 3.8) is 0 Å². The van der Waals surface area contributed by atoms with Crippen molar-refractivity contribution >= 4 is 11.9 Å². The number of hydrogen-bond donors (Lipinski definition) is 2. The van der Waals surface area contributed by atoms with E-state index in [1.165, 1.54) is 24.3 Å². The fourth-order valence-electron chi connectivity index (χ4n) is 4.40. The zero-order chi connectivity index (χ0) is 25.4. The first kappa shape index (κ1) is 26.6. The van der Waals surface area contributed by atoms with Gasteiger partial charge in [-0.1, -0.05) is 45.0 Å². The Hall–Kier alpha value is -3.00. The quantitative estimate of drug-likeness (QED) is 0.555. The molecule has 0 bridgehead atoms. The number of benzene rings is 2. The van der Waals surface area contributed by atoms with E-state index >= 15 is 0 Å². The normalized spacial score (nSPS) is 15.3. The molecule has 1 atom stereocenters. The maximum absolute atomic E-state index is 13.6. The third-order valence-corrected chi connectivity index (χ3v) is 6.21. The first-order valence-corrected chi connectivity index (χ1v) is 12.4. The number of carbonyl (C=O) groups excluding carboxylic acids is 2. The minimum Gasteiger partial charge on any atom is -0.354 e. The molecule has 6 nitrogen and oxygen atoms in total. The Balaban J connectivity index is 1.68. The first-order valence-electron chi connectivity index (χ1n) is 12.4. The van der Waals surface area contributed by atoms with Gasteiger partial charge in [-0.15, -0.1) is 0 Å². The monoisotopic (exact) mass is 486 g/mol. The Bertz CT molecular complexity index is 913. The van der Waals surface area contributed by atoms with E-state index in [1.54, 1.807) is 29.2 Å². The molecule has 1 saturated heterocycles. The topological polar surface area (TPSA) is 64.7 Å². The number of halogens is 2. The van der Waals surface area contributed by atoms with Gasteiger partial charge in [0.25, 0.3) is 0 Å². The fourth-order valence-corrected chi connectivity index (χ4v) is 4.40. The van der Waals surface area contributed by atoms with Crippen molar-refractivity contribution in [1.29, 1.82) is 0 Å². The van der Waals surface area contributed by atoms with Crippen LogP contribution in [-0.2, 0) is 4.79 Å². The summed E-state index contributed by atoms with van der Waals surface area (Å²) in [5.41, 5.74) is 1.81. The van der Waals surface area contributed by atoms with Crippen molar-refractivity contribution in [2.75, 3.05) is 32.7 Å². The number of rotatable bonds is 9. The molecule has 2 aromatic carbocycles. The lowest BCUT2D eigenvalue weighted by Gasteiger charge is -2.40. The predicted octanol–water partition coefficient (Wildman–Crippen LogP) is 4.32. The van der Waals surface area contributed by atoms with Crippen molar-refractivity contribution in [3.8, 4) is 0 Å². The lowest BCUT2D eigenvalue weighted by molar-refractivity contribution is -0.123. The summed E-state index contributed by atoms with van der Waals surface area (Å²) in [4.78, 5) is 29.5. The van der Waals surface area contributed by atoms with Crippen LogP contribution < -0.4 is 10.6 Å². The van der Waals surface area contributed by atoms with Gasteiger partial charge < -0.3 is 15.5 Å². The van der Waals surface area contributed by atoms with Crippen LogP contribution in [0.4, 0.5) is 13.6 Å². The maximum atomic E-state index is 13.6. The molecule has 2 N–H and O–H groups in total. The van der Waals surface area contributed by atoms with E-state index in [0.717, 1.165) is 17.5 Å². The van der Waals surface area contributed by atoms with Crippen molar-refractivity contribution in [1.82, 2.24) is 20.4 Å². The van der Waals surface area contributed by atoms with Crippen molar-refractivity contribution in [2.24, 2.45) is 5.92 Å². The van der Waals surface area contributed by atoms with Gasteiger partial charge in [-0.2, -0.15) is 0 Å². The van der Waals surface area contributed by atoms with Crippen LogP contribution in [-0.4, -0.2) is 60.5 Å². The van der Waals surface area contributed by atoms with Gasteiger partial charge in [0.15, 0.2) is 0 Å². The summed E-state index contributed by atoms with van der Waals surface area (Å²) in [6, 6.07) is 11.7. The molecule has 0 spiro atoms. The molecule has 0 saturated carbocycles. The average Bonchev–Trinajstić information content (AvgIpc) is 2.84. The number of piperazine rings is 1. The lowest BCUT2D eigenvalue weighted by Crippen LogP contribution is -2.56. The largest absolute Gasteiger partial charge is 0.354 e. The SMILES string of the molecule is CCCNC(=O)[C@@H](CC(C)C)NC(=O)N1CCN(C(c2ccc(F)cc2)c2ccc(F)cc2)CC1. The van der Waals surface area contributed by atoms with Crippen LogP contribution in [0.5, 0.6) is 0 Å². The van der Waals surface area contributed by atoms with Gasteiger partial charge in [0.1, 0.15) is 17.7 Å². The van der Waals surface area contributed by atoms with Gasteiger partial charge in [0, 0.05) is 32.7 Å². The average molecular weight is 487 g/mol. The highest BCUT2D eigenvalue weighted by Gasteiger charge is 2.30. The number of carbonyl (C=O) groups is 2. The molecular weight excluding hydrogens is 450 g/mol. The minimum absolute atomic E-state index is 0.153. The zero-order valence-electron chi connectivity index (χ0n) is 20.8. The van der Waals surface area contributed by atoms with Gasteiger partial charge in [-0.05, 0) is 54.2 Å². The Morgan fingerprint density at radius 2 is 1.40 bits per heavy atom. The van der Waals surface area contributed by atoms with Gasteiger partial charge in [-0.25, -0.2) is 13.6 Å². The number of urea groups is 1. The molecule has 8 heteroatoms. The van der Waals surface area contributed by atoms with E-state index < -0.39 is 6.04 Å². The predicted molar refractivity (Wildman–Crippen MR) is 133 cm³/mol. The summed E-state index contributed by atoms with van der Waals surface area (Å²) in [6.07, 6.45) is 1.40. The van der Waals surface area contributed by atoms with Gasteiger partial charge in [0.2, 0.25) is 5.91 Å². The Kier molecular flexibility index (Phi) is 9.60. The molecule has 0 unspecified atom stereocenters. The summed E-state index contributed by atoms with van der Waals surface area (Å²) in [7, 11) is 0. The van der Waals surface area contributed by atoms with Crippen molar-refractivity contribution in [2.45, 2.75) is 45.7 Å². The van der Waals surface area contributed by atoms with Crippen molar-refractivity contribution in [3.05, 3.63) is 71.3 Å². The second kappa shape index (κ2) is 12.6. The molecule has 3 amide bonds. The summed E-state index contributed by atoms with van der Waals surface area (Å²) in [5, 5.41) is 5.80. The van der Waals surface area contributed by atoms with E-state index in [9.17, 15) is 18.4 Å². The van der Waals surface area contributed by atoms with Crippen LogP contribution in [0, 0.1) is 17.6 Å². The van der Waals surface area contributed by atoms with E-state index in [0.29, 0.717) is 39.1 Å². The van der Waals surface area contributed by atoms with Crippen LogP contribution in [0.15, 0.2) is 48.5 Å². The molecule has 0 aliphatic carbocycles. The van der Waals surface area contributed by atoms with E-state index in [1.807, 2.05) is 20.8 Å². The maximum Gasteiger partial charge on any atom is 0.318 e. The number of nitrogens with zero attached hydrogens (tertiary/aromatic N) is 2. The molecule has 0 aromatic heterocycles. The Morgan fingerprint density at radius 3 is 1.86 bits per heavy atom. The number of nitrogens with one attached hydrogen (secondary N) is 2. The molecule has 0 radical (unpaired) electrons. The standard InChI is InChI=1S/C27H36F2N4O2/c1-4-13-30-26(34)24(18-19(2)3)31-27(35)33-16-14-32(15-17-33)25(20-5-9-22(28)10-6-20)21-7-11-23(29)12-8-21/h5-12,19,24-25H,4,13-18H2,1-3H3,(H,30,34)(H,31,35)/t24-/m1/s1. The first-order chi connectivity index (χ1) is 16.8. The molecule has 1 heterocycles. The second-order valence-corrected chi connectivity index (χ2v) is 9.45.